The first kappa shape index (κ1) is 34.5. The molecule has 0 saturated carbocycles. The summed E-state index contributed by atoms with van der Waals surface area (Å²) in [5.41, 5.74) is 13.0. The molecule has 0 saturated heterocycles. The van der Waals surface area contributed by atoms with Crippen LogP contribution in [-0.4, -0.2) is 0 Å². The highest BCUT2D eigenvalue weighted by molar-refractivity contribution is 6.33. The average Bonchev–Trinajstić information content (AvgIpc) is 3.32. The van der Waals surface area contributed by atoms with Crippen LogP contribution >= 0.6 is 0 Å². The smallest absolute Gasteiger partial charge is 0.0468 e. The molecule has 0 spiro atoms. The minimum atomic E-state index is 1.10. The van der Waals surface area contributed by atoms with Gasteiger partial charge < -0.3 is 4.90 Å². The van der Waals surface area contributed by atoms with Gasteiger partial charge in [0.05, 0.1) is 0 Å². The largest absolute Gasteiger partial charge is 0.310 e. The molecule has 0 fully saturated rings. The monoisotopic (exact) mass is 749 g/mol. The molecule has 276 valence electrons. The minimum Gasteiger partial charge on any atom is -0.310 e. The van der Waals surface area contributed by atoms with Crippen molar-refractivity contribution in [3.63, 3.8) is 0 Å². The van der Waals surface area contributed by atoms with Crippen LogP contribution in [-0.2, 0) is 0 Å². The zero-order valence-electron chi connectivity index (χ0n) is 32.5. The summed E-state index contributed by atoms with van der Waals surface area (Å²) < 4.78 is 0. The van der Waals surface area contributed by atoms with Gasteiger partial charge in [-0.05, 0) is 130 Å². The Morgan fingerprint density at radius 3 is 1.47 bits per heavy atom. The van der Waals surface area contributed by atoms with E-state index in [4.69, 9.17) is 0 Å². The van der Waals surface area contributed by atoms with Crippen molar-refractivity contribution in [2.24, 2.45) is 0 Å². The highest BCUT2D eigenvalue weighted by Crippen LogP contribution is 2.50. The molecule has 0 N–H and O–H groups in total. The second-order valence-corrected chi connectivity index (χ2v) is 15.2. The Bertz CT molecular complexity index is 3290. The predicted molar refractivity (Wildman–Crippen MR) is 253 cm³/mol. The number of nitrogens with zero attached hydrogens (tertiary/aromatic N) is 1. The molecule has 0 aliphatic rings. The van der Waals surface area contributed by atoms with Gasteiger partial charge in [0.25, 0.3) is 0 Å². The van der Waals surface area contributed by atoms with Gasteiger partial charge in [-0.2, -0.15) is 0 Å². The molecular weight excluding hydrogens is 711 g/mol. The maximum Gasteiger partial charge on any atom is 0.0468 e. The standard InChI is InChI=1S/C58H39N/c1-5-19-41(20-6-1)53-39-54(42-21-7-2-8-22-42)57-51-33-16-15-32-50(51)55-38-47(35-36-52(55)58(57)56(53)43-24-9-3-10-25-43)59(45-28-11-4-12-29-45)46-30-17-27-44(37-46)49-34-18-26-40-23-13-14-31-48(40)49/h1-39H. The van der Waals surface area contributed by atoms with E-state index >= 15 is 0 Å². The van der Waals surface area contributed by atoms with Crippen LogP contribution in [0.4, 0.5) is 17.1 Å². The first-order chi connectivity index (χ1) is 29.3. The van der Waals surface area contributed by atoms with Gasteiger partial charge in [0, 0.05) is 17.1 Å². The molecule has 1 heteroatoms. The fourth-order valence-electron chi connectivity index (χ4n) is 9.19. The van der Waals surface area contributed by atoms with Crippen molar-refractivity contribution in [3.8, 4) is 44.5 Å². The summed E-state index contributed by atoms with van der Waals surface area (Å²) >= 11 is 0. The van der Waals surface area contributed by atoms with Crippen molar-refractivity contribution in [1.29, 1.82) is 0 Å². The molecule has 1 nitrogen and oxygen atoms in total. The second kappa shape index (κ2) is 14.6. The van der Waals surface area contributed by atoms with Crippen molar-refractivity contribution < 1.29 is 0 Å². The van der Waals surface area contributed by atoms with Crippen LogP contribution in [0.3, 0.4) is 0 Å². The van der Waals surface area contributed by atoms with Crippen LogP contribution < -0.4 is 4.90 Å². The molecule has 0 aliphatic carbocycles. The van der Waals surface area contributed by atoms with Gasteiger partial charge in [-0.3, -0.25) is 0 Å². The quantitative estimate of drug-likeness (QED) is 0.147. The zero-order chi connectivity index (χ0) is 39.1. The Morgan fingerprint density at radius 2 is 0.746 bits per heavy atom. The van der Waals surface area contributed by atoms with Crippen LogP contribution in [0.25, 0.3) is 87.6 Å². The van der Waals surface area contributed by atoms with Crippen LogP contribution in [0, 0.1) is 0 Å². The van der Waals surface area contributed by atoms with E-state index in [1.807, 2.05) is 0 Å². The molecule has 0 unspecified atom stereocenters. The maximum absolute atomic E-state index is 2.43. The Labute approximate surface area is 344 Å². The predicted octanol–water partition coefficient (Wildman–Crippen LogP) is 16.4. The fraction of sp³-hybridized carbons (Fsp3) is 0. The number of anilines is 3. The van der Waals surface area contributed by atoms with Gasteiger partial charge in [-0.15, -0.1) is 0 Å². The molecule has 0 atom stereocenters. The molecule has 0 bridgehead atoms. The molecule has 11 aromatic rings. The van der Waals surface area contributed by atoms with Crippen molar-refractivity contribution in [2.45, 2.75) is 0 Å². The Kier molecular flexibility index (Phi) is 8.56. The van der Waals surface area contributed by atoms with E-state index in [2.05, 4.69) is 241 Å². The topological polar surface area (TPSA) is 3.24 Å². The summed E-state index contributed by atoms with van der Waals surface area (Å²) in [6.07, 6.45) is 0. The van der Waals surface area contributed by atoms with Crippen molar-refractivity contribution in [3.05, 3.63) is 237 Å². The second-order valence-electron chi connectivity index (χ2n) is 15.2. The summed E-state index contributed by atoms with van der Waals surface area (Å²) in [6.45, 7) is 0. The molecule has 0 heterocycles. The summed E-state index contributed by atoms with van der Waals surface area (Å²) in [4.78, 5) is 2.40. The number of benzene rings is 11. The van der Waals surface area contributed by atoms with Gasteiger partial charge in [0.15, 0.2) is 0 Å². The highest BCUT2D eigenvalue weighted by Gasteiger charge is 2.23. The lowest BCUT2D eigenvalue weighted by molar-refractivity contribution is 1.29. The van der Waals surface area contributed by atoms with Gasteiger partial charge in [0.2, 0.25) is 0 Å². The number of hydrogen-bond acceptors (Lipinski definition) is 1. The molecule has 0 aliphatic heterocycles. The maximum atomic E-state index is 2.43. The molecular formula is C58H39N. The number of para-hydroxylation sites is 1. The highest BCUT2D eigenvalue weighted by atomic mass is 15.1. The third-order valence-electron chi connectivity index (χ3n) is 11.8. The SMILES string of the molecule is c1ccc(-c2cc(-c3ccccc3)c3c4ccccc4c4cc(N(c5ccccc5)c5cccc(-c6cccc7ccccc67)c5)ccc4c3c2-c2ccccc2)cc1. The number of rotatable bonds is 7. The fourth-order valence-corrected chi connectivity index (χ4v) is 9.19. The molecule has 0 amide bonds. The summed E-state index contributed by atoms with van der Waals surface area (Å²) in [5, 5.41) is 9.96. The van der Waals surface area contributed by atoms with Crippen LogP contribution in [0.5, 0.6) is 0 Å². The zero-order valence-corrected chi connectivity index (χ0v) is 32.5. The minimum absolute atomic E-state index is 1.10. The van der Waals surface area contributed by atoms with Crippen molar-refractivity contribution in [2.75, 3.05) is 4.90 Å². The van der Waals surface area contributed by atoms with Gasteiger partial charge in [-0.1, -0.05) is 194 Å². The summed E-state index contributed by atoms with van der Waals surface area (Å²) in [7, 11) is 0. The molecule has 0 aromatic heterocycles. The van der Waals surface area contributed by atoms with E-state index < -0.39 is 0 Å². The van der Waals surface area contributed by atoms with E-state index in [0.29, 0.717) is 0 Å². The summed E-state index contributed by atoms with van der Waals surface area (Å²) in [6, 6.07) is 86.3. The molecule has 11 rings (SSSR count). The Hall–Kier alpha value is -7.74. The lowest BCUT2D eigenvalue weighted by Crippen LogP contribution is -2.10. The van der Waals surface area contributed by atoms with Gasteiger partial charge in [0.1, 0.15) is 0 Å². The normalized spacial score (nSPS) is 11.4. The van der Waals surface area contributed by atoms with Crippen molar-refractivity contribution in [1.82, 2.24) is 0 Å². The van der Waals surface area contributed by atoms with E-state index in [9.17, 15) is 0 Å². The Balaban J connectivity index is 1.23. The number of fused-ring (bicyclic) bond motifs is 7. The first-order valence-electron chi connectivity index (χ1n) is 20.3. The van der Waals surface area contributed by atoms with Crippen LogP contribution in [0.2, 0.25) is 0 Å². The van der Waals surface area contributed by atoms with Crippen molar-refractivity contribution >= 4 is 60.2 Å². The van der Waals surface area contributed by atoms with Gasteiger partial charge >= 0.3 is 0 Å². The third kappa shape index (κ3) is 6.04. The van der Waals surface area contributed by atoms with E-state index in [1.165, 1.54) is 87.6 Å². The van der Waals surface area contributed by atoms with E-state index in [1.54, 1.807) is 0 Å². The molecule has 11 aromatic carbocycles. The number of hydrogen-bond donors (Lipinski definition) is 0. The third-order valence-corrected chi connectivity index (χ3v) is 11.8. The van der Waals surface area contributed by atoms with E-state index in [-0.39, 0.29) is 0 Å². The lowest BCUT2D eigenvalue weighted by Gasteiger charge is -2.27. The summed E-state index contributed by atoms with van der Waals surface area (Å²) in [5.74, 6) is 0. The average molecular weight is 750 g/mol. The Morgan fingerprint density at radius 1 is 0.237 bits per heavy atom. The van der Waals surface area contributed by atoms with Crippen LogP contribution in [0.1, 0.15) is 0 Å². The lowest BCUT2D eigenvalue weighted by atomic mass is 9.81. The first-order valence-corrected chi connectivity index (χ1v) is 20.3. The molecule has 0 radical (unpaired) electrons. The van der Waals surface area contributed by atoms with Crippen LogP contribution in [0.15, 0.2) is 237 Å². The van der Waals surface area contributed by atoms with E-state index in [0.717, 1.165) is 17.1 Å². The molecule has 59 heavy (non-hydrogen) atoms. The van der Waals surface area contributed by atoms with Gasteiger partial charge in [-0.25, -0.2) is 0 Å².